The first-order chi connectivity index (χ1) is 11.3. The molecule has 25 heavy (non-hydrogen) atoms. The minimum Gasteiger partial charge on any atom is -0.358 e. The van der Waals surface area contributed by atoms with Gasteiger partial charge in [0.2, 0.25) is 11.3 Å². The summed E-state index contributed by atoms with van der Waals surface area (Å²) in [5.74, 6) is -0.783. The molecule has 0 spiro atoms. The summed E-state index contributed by atoms with van der Waals surface area (Å²) < 4.78 is 48.9. The SMILES string of the molecule is CNC(=O)C(P(=O)(OC(C)C)OC(C)C)P(=O)(OC(C)C)OC(C)C. The predicted octanol–water partition coefficient (Wildman–Crippen LogP) is 4.14. The van der Waals surface area contributed by atoms with E-state index in [0.717, 1.165) is 0 Å². The van der Waals surface area contributed by atoms with Crippen molar-refractivity contribution in [1.29, 1.82) is 0 Å². The van der Waals surface area contributed by atoms with Crippen LogP contribution in [-0.2, 0) is 32.0 Å². The molecule has 0 aromatic heterocycles. The summed E-state index contributed by atoms with van der Waals surface area (Å²) in [6, 6.07) is 0. The molecule has 0 aromatic rings. The Bertz CT molecular complexity index is 454. The van der Waals surface area contributed by atoms with Crippen LogP contribution >= 0.6 is 15.2 Å². The van der Waals surface area contributed by atoms with E-state index in [1.165, 1.54) is 7.05 Å². The number of amides is 1. The summed E-state index contributed by atoms with van der Waals surface area (Å²) in [6.07, 6.45) is -2.10. The number of carbonyl (C=O) groups excluding carboxylic acids is 1. The van der Waals surface area contributed by atoms with Gasteiger partial charge in [0, 0.05) is 7.05 Å². The first-order valence-electron chi connectivity index (χ1n) is 8.42. The van der Waals surface area contributed by atoms with Crippen molar-refractivity contribution in [3.8, 4) is 0 Å². The monoisotopic (exact) mass is 401 g/mol. The standard InChI is InChI=1S/C15H33NO7P2/c1-10(2)20-24(18,21-11(3)4)15(14(17)16-9)25(19,22-12(5)6)23-13(7)8/h10-13,15H,1-9H3,(H,16,17). The number of rotatable bonds is 11. The largest absolute Gasteiger partial charge is 0.358 e. The van der Waals surface area contributed by atoms with Gasteiger partial charge in [-0.1, -0.05) is 0 Å². The van der Waals surface area contributed by atoms with E-state index in [-0.39, 0.29) is 0 Å². The zero-order chi connectivity index (χ0) is 20.0. The van der Waals surface area contributed by atoms with Crippen molar-refractivity contribution in [2.75, 3.05) is 7.05 Å². The van der Waals surface area contributed by atoms with Crippen molar-refractivity contribution >= 4 is 21.1 Å². The van der Waals surface area contributed by atoms with Crippen LogP contribution in [0.1, 0.15) is 55.4 Å². The van der Waals surface area contributed by atoms with Gasteiger partial charge >= 0.3 is 15.2 Å². The number of hydrogen-bond donors (Lipinski definition) is 1. The molecule has 0 atom stereocenters. The average Bonchev–Trinajstić information content (AvgIpc) is 2.33. The van der Waals surface area contributed by atoms with Crippen LogP contribution < -0.4 is 5.32 Å². The number of hydrogen-bond acceptors (Lipinski definition) is 7. The maximum atomic E-state index is 13.5. The Morgan fingerprint density at radius 3 is 1.08 bits per heavy atom. The normalized spacial score (nSPS) is 13.5. The van der Waals surface area contributed by atoms with E-state index >= 15 is 0 Å². The second-order valence-corrected chi connectivity index (χ2v) is 11.1. The zero-order valence-corrected chi connectivity index (χ0v) is 18.4. The average molecular weight is 401 g/mol. The summed E-state index contributed by atoms with van der Waals surface area (Å²) in [5, 5.41) is 0.643. The second-order valence-electron chi connectivity index (χ2n) is 6.68. The van der Waals surface area contributed by atoms with Gasteiger partial charge in [-0.2, -0.15) is 0 Å². The summed E-state index contributed by atoms with van der Waals surface area (Å²) in [4.78, 5) is 12.6. The van der Waals surface area contributed by atoms with Gasteiger partial charge in [0.05, 0.1) is 24.4 Å². The smallest absolute Gasteiger partial charge is 0.355 e. The van der Waals surface area contributed by atoms with E-state index in [1.807, 2.05) is 0 Å². The van der Waals surface area contributed by atoms with Crippen LogP contribution in [0.5, 0.6) is 0 Å². The fraction of sp³-hybridized carbons (Fsp3) is 0.933. The summed E-state index contributed by atoms with van der Waals surface area (Å²) in [6.45, 7) is 13.2. The highest BCUT2D eigenvalue weighted by Crippen LogP contribution is 2.71. The van der Waals surface area contributed by atoms with Gasteiger partial charge in [-0.15, -0.1) is 0 Å². The molecule has 0 saturated heterocycles. The molecule has 1 N–H and O–H groups in total. The highest BCUT2D eigenvalue weighted by molar-refractivity contribution is 7.74. The van der Waals surface area contributed by atoms with Gasteiger partial charge in [0.15, 0.2) is 0 Å². The third kappa shape index (κ3) is 7.90. The molecule has 0 unspecified atom stereocenters. The first-order valence-corrected chi connectivity index (χ1v) is 11.6. The van der Waals surface area contributed by atoms with Gasteiger partial charge in [-0.05, 0) is 55.4 Å². The summed E-state index contributed by atoms with van der Waals surface area (Å²) >= 11 is 0. The third-order valence-electron chi connectivity index (χ3n) is 2.51. The number of nitrogens with one attached hydrogen (secondary N) is 1. The van der Waals surface area contributed by atoms with Crippen molar-refractivity contribution in [2.24, 2.45) is 0 Å². The molecule has 0 saturated carbocycles. The van der Waals surface area contributed by atoms with Gasteiger partial charge in [0.1, 0.15) is 0 Å². The predicted molar refractivity (Wildman–Crippen MR) is 98.0 cm³/mol. The van der Waals surface area contributed by atoms with E-state index in [9.17, 15) is 13.9 Å². The van der Waals surface area contributed by atoms with Crippen LogP contribution in [0.3, 0.4) is 0 Å². The van der Waals surface area contributed by atoms with Crippen molar-refractivity contribution in [1.82, 2.24) is 5.32 Å². The molecule has 150 valence electrons. The Morgan fingerprint density at radius 2 is 0.920 bits per heavy atom. The fourth-order valence-corrected chi connectivity index (χ4v) is 7.83. The maximum absolute atomic E-state index is 13.5. The lowest BCUT2D eigenvalue weighted by atomic mass is 10.5. The maximum Gasteiger partial charge on any atom is 0.355 e. The molecular weight excluding hydrogens is 368 g/mol. The van der Waals surface area contributed by atoms with E-state index in [2.05, 4.69) is 5.32 Å². The second kappa shape index (κ2) is 10.2. The Balaban J connectivity index is 6.33. The third-order valence-corrected chi connectivity index (χ3v) is 8.74. The molecule has 0 heterocycles. The Morgan fingerprint density at radius 1 is 0.680 bits per heavy atom. The van der Waals surface area contributed by atoms with Crippen LogP contribution in [0.2, 0.25) is 0 Å². The van der Waals surface area contributed by atoms with E-state index in [4.69, 9.17) is 18.1 Å². The minimum atomic E-state index is -4.17. The van der Waals surface area contributed by atoms with Gasteiger partial charge < -0.3 is 23.4 Å². The molecule has 0 fully saturated rings. The van der Waals surface area contributed by atoms with Crippen molar-refractivity contribution < 1.29 is 32.0 Å². The molecule has 0 aliphatic carbocycles. The van der Waals surface area contributed by atoms with E-state index < -0.39 is 50.9 Å². The lowest BCUT2D eigenvalue weighted by molar-refractivity contribution is -0.119. The molecule has 0 bridgehead atoms. The molecule has 0 aromatic carbocycles. The van der Waals surface area contributed by atoms with Crippen LogP contribution in [0.25, 0.3) is 0 Å². The minimum absolute atomic E-state index is 0.525. The van der Waals surface area contributed by atoms with Gasteiger partial charge in [0.25, 0.3) is 0 Å². The highest BCUT2D eigenvalue weighted by Gasteiger charge is 2.57. The van der Waals surface area contributed by atoms with Crippen LogP contribution in [-0.4, -0.2) is 42.8 Å². The quantitative estimate of drug-likeness (QED) is 0.519. The topological polar surface area (TPSA) is 100 Å². The Kier molecular flexibility index (Phi) is 10.1. The first kappa shape index (κ1) is 24.8. The summed E-state index contributed by atoms with van der Waals surface area (Å²) in [7, 11) is -7.00. The van der Waals surface area contributed by atoms with E-state index in [0.29, 0.717) is 0 Å². The molecule has 10 heteroatoms. The fourth-order valence-electron chi connectivity index (χ4n) is 2.05. The Labute approximate surface area is 151 Å². The van der Waals surface area contributed by atoms with E-state index in [1.54, 1.807) is 55.4 Å². The molecule has 1 amide bonds. The van der Waals surface area contributed by atoms with Crippen LogP contribution in [0.4, 0.5) is 0 Å². The van der Waals surface area contributed by atoms with Crippen LogP contribution in [0, 0.1) is 0 Å². The zero-order valence-electron chi connectivity index (χ0n) is 16.6. The molecule has 0 rings (SSSR count). The lowest BCUT2D eigenvalue weighted by Gasteiger charge is -2.34. The van der Waals surface area contributed by atoms with Crippen molar-refractivity contribution in [3.05, 3.63) is 0 Å². The molecule has 8 nitrogen and oxygen atoms in total. The highest BCUT2D eigenvalue weighted by atomic mass is 31.2. The molecule has 0 aliphatic heterocycles. The molecular formula is C15H33NO7P2. The molecule has 0 aliphatic rings. The lowest BCUT2D eigenvalue weighted by Crippen LogP contribution is -2.36. The van der Waals surface area contributed by atoms with Crippen molar-refractivity contribution in [3.63, 3.8) is 0 Å². The van der Waals surface area contributed by atoms with Gasteiger partial charge in [-0.25, -0.2) is 0 Å². The number of carbonyl (C=O) groups is 1. The van der Waals surface area contributed by atoms with Gasteiger partial charge in [-0.3, -0.25) is 13.9 Å². The molecule has 0 radical (unpaired) electrons. The Hall–Kier alpha value is -0.230. The van der Waals surface area contributed by atoms with Crippen LogP contribution in [0.15, 0.2) is 0 Å². The summed E-state index contributed by atoms with van der Waals surface area (Å²) in [5.41, 5.74) is 0. The van der Waals surface area contributed by atoms with Crippen molar-refractivity contribution in [2.45, 2.75) is 85.2 Å².